The van der Waals surface area contributed by atoms with Gasteiger partial charge in [-0.1, -0.05) is 6.07 Å². The van der Waals surface area contributed by atoms with Crippen LogP contribution >= 0.6 is 0 Å². The molecule has 0 aliphatic carbocycles. The van der Waals surface area contributed by atoms with Gasteiger partial charge in [0, 0.05) is 6.07 Å². The molecule has 0 unspecified atom stereocenters. The number of rotatable bonds is 1. The first-order chi connectivity index (χ1) is 4.33. The van der Waals surface area contributed by atoms with E-state index in [1.54, 1.807) is 0 Å². The first-order valence-corrected chi connectivity index (χ1v) is 2.55. The minimum atomic E-state index is -0.559. The molecule has 9 heavy (non-hydrogen) atoms. The van der Waals surface area contributed by atoms with Gasteiger partial charge < -0.3 is 0 Å². The number of hydrogen-bond donors (Lipinski definition) is 0. The summed E-state index contributed by atoms with van der Waals surface area (Å²) in [5, 5.41) is 0. The highest BCUT2D eigenvalue weighted by Gasteiger charge is 1.90. The van der Waals surface area contributed by atoms with E-state index < -0.39 is 12.5 Å². The Morgan fingerprint density at radius 2 is 2.22 bits per heavy atom. The van der Waals surface area contributed by atoms with Crippen molar-refractivity contribution in [2.24, 2.45) is 0 Å². The van der Waals surface area contributed by atoms with Gasteiger partial charge in [-0.15, -0.1) is 0 Å². The summed E-state index contributed by atoms with van der Waals surface area (Å²) in [5.41, 5.74) is 0.455. The third-order valence-corrected chi connectivity index (χ3v) is 0.993. The second kappa shape index (κ2) is 2.58. The fraction of sp³-hybridized carbons (Fsp3) is 0.143. The van der Waals surface area contributed by atoms with E-state index in [-0.39, 0.29) is 0 Å². The molecule has 0 nitrogen and oxygen atoms in total. The molecule has 0 spiro atoms. The summed E-state index contributed by atoms with van der Waals surface area (Å²) in [6.45, 7) is -0.559. The topological polar surface area (TPSA) is 0 Å². The summed E-state index contributed by atoms with van der Waals surface area (Å²) < 4.78 is 23.8. The Morgan fingerprint density at radius 3 is 2.67 bits per heavy atom. The average Bonchev–Trinajstić information content (AvgIpc) is 1.90. The van der Waals surface area contributed by atoms with Crippen LogP contribution in [0.25, 0.3) is 0 Å². The van der Waals surface area contributed by atoms with E-state index in [1.807, 2.05) is 0 Å². The zero-order chi connectivity index (χ0) is 6.69. The fourth-order valence-corrected chi connectivity index (χ4v) is 0.521. The predicted molar refractivity (Wildman–Crippen MR) is 30.0 cm³/mol. The van der Waals surface area contributed by atoms with Crippen LogP contribution in [0.4, 0.5) is 8.78 Å². The van der Waals surface area contributed by atoms with Gasteiger partial charge in [0.1, 0.15) is 12.5 Å². The zero-order valence-corrected chi connectivity index (χ0v) is 4.70. The second-order valence-corrected chi connectivity index (χ2v) is 1.68. The van der Waals surface area contributed by atoms with Crippen LogP contribution in [0.2, 0.25) is 0 Å². The van der Waals surface area contributed by atoms with Crippen molar-refractivity contribution >= 4 is 0 Å². The van der Waals surface area contributed by atoms with E-state index in [9.17, 15) is 8.78 Å². The van der Waals surface area contributed by atoms with Crippen LogP contribution in [-0.2, 0) is 6.67 Å². The van der Waals surface area contributed by atoms with Crippen molar-refractivity contribution in [3.8, 4) is 0 Å². The molecule has 0 aliphatic rings. The van der Waals surface area contributed by atoms with Crippen LogP contribution in [0.1, 0.15) is 5.56 Å². The molecule has 0 fully saturated rings. The third kappa shape index (κ3) is 1.49. The van der Waals surface area contributed by atoms with Gasteiger partial charge in [0.2, 0.25) is 0 Å². The predicted octanol–water partition coefficient (Wildman–Crippen LogP) is 2.10. The van der Waals surface area contributed by atoms with Gasteiger partial charge in [-0.3, -0.25) is 0 Å². The Balaban J connectivity index is 2.88. The molecule has 0 bridgehead atoms. The quantitative estimate of drug-likeness (QED) is 0.541. The highest BCUT2D eigenvalue weighted by atomic mass is 19.1. The molecule has 2 heteroatoms. The van der Waals surface area contributed by atoms with Gasteiger partial charge in [0.25, 0.3) is 0 Å². The Morgan fingerprint density at radius 1 is 1.44 bits per heavy atom. The van der Waals surface area contributed by atoms with E-state index in [4.69, 9.17) is 0 Å². The van der Waals surface area contributed by atoms with Gasteiger partial charge in [-0.05, 0) is 17.7 Å². The molecule has 1 rings (SSSR count). The normalized spacial score (nSPS) is 9.56. The third-order valence-electron chi connectivity index (χ3n) is 0.993. The lowest BCUT2D eigenvalue weighted by Crippen LogP contribution is -1.78. The molecule has 47 valence electrons. The number of benzene rings is 1. The Hall–Kier alpha value is -0.920. The summed E-state index contributed by atoms with van der Waals surface area (Å²) >= 11 is 0. The maximum Gasteiger partial charge on any atom is 0.131 e. The number of halogens is 2. The van der Waals surface area contributed by atoms with Crippen molar-refractivity contribution in [1.82, 2.24) is 0 Å². The molecule has 1 aromatic carbocycles. The number of alkyl halides is 1. The molecule has 0 saturated heterocycles. The van der Waals surface area contributed by atoms with Crippen molar-refractivity contribution in [2.75, 3.05) is 0 Å². The Kier molecular flexibility index (Phi) is 1.78. The molecule has 0 N–H and O–H groups in total. The van der Waals surface area contributed by atoms with Gasteiger partial charge in [0.05, 0.1) is 0 Å². The van der Waals surface area contributed by atoms with Crippen molar-refractivity contribution in [3.63, 3.8) is 0 Å². The molecular formula is C7H5F2. The summed E-state index contributed by atoms with van der Waals surface area (Å²) in [7, 11) is 0. The maximum absolute atomic E-state index is 12.0. The summed E-state index contributed by atoms with van der Waals surface area (Å²) in [5.74, 6) is -0.452. The Bertz CT molecular complexity index is 179. The lowest BCUT2D eigenvalue weighted by atomic mass is 10.2. The van der Waals surface area contributed by atoms with Crippen molar-refractivity contribution in [2.45, 2.75) is 6.67 Å². The van der Waals surface area contributed by atoms with Crippen LogP contribution in [0.5, 0.6) is 0 Å². The summed E-state index contributed by atoms with van der Waals surface area (Å²) in [6.07, 6.45) is 0. The highest BCUT2D eigenvalue weighted by molar-refractivity contribution is 5.13. The maximum atomic E-state index is 12.0. The lowest BCUT2D eigenvalue weighted by molar-refractivity contribution is 0.484. The first-order valence-electron chi connectivity index (χ1n) is 2.55. The second-order valence-electron chi connectivity index (χ2n) is 1.68. The summed E-state index contributed by atoms with van der Waals surface area (Å²) in [4.78, 5) is 0. The molecule has 0 saturated carbocycles. The van der Waals surface area contributed by atoms with Crippen molar-refractivity contribution < 1.29 is 8.78 Å². The minimum absolute atomic E-state index is 0.452. The van der Waals surface area contributed by atoms with Gasteiger partial charge in [-0.2, -0.15) is 0 Å². The van der Waals surface area contributed by atoms with Crippen LogP contribution in [0.15, 0.2) is 18.2 Å². The molecule has 0 atom stereocenters. The van der Waals surface area contributed by atoms with Crippen molar-refractivity contribution in [3.05, 3.63) is 35.6 Å². The van der Waals surface area contributed by atoms with E-state index in [2.05, 4.69) is 6.07 Å². The highest BCUT2D eigenvalue weighted by Crippen LogP contribution is 2.02. The van der Waals surface area contributed by atoms with Gasteiger partial charge >= 0.3 is 0 Å². The van der Waals surface area contributed by atoms with E-state index >= 15 is 0 Å². The minimum Gasteiger partial charge on any atom is -0.246 e. The molecule has 1 aromatic rings. The van der Waals surface area contributed by atoms with Crippen LogP contribution in [-0.4, -0.2) is 0 Å². The molecule has 0 heterocycles. The lowest BCUT2D eigenvalue weighted by Gasteiger charge is -1.89. The van der Waals surface area contributed by atoms with Gasteiger partial charge in [-0.25, -0.2) is 8.78 Å². The fourth-order valence-electron chi connectivity index (χ4n) is 0.521. The Labute approximate surface area is 52.1 Å². The van der Waals surface area contributed by atoms with E-state index in [0.717, 1.165) is 0 Å². The average molecular weight is 127 g/mol. The van der Waals surface area contributed by atoms with Crippen LogP contribution in [0, 0.1) is 11.9 Å². The first kappa shape index (κ1) is 6.20. The molecule has 0 amide bonds. The molecule has 1 radical (unpaired) electrons. The summed E-state index contributed by atoms with van der Waals surface area (Å²) in [6, 6.07) is 6.13. The molecule has 0 aliphatic heterocycles. The van der Waals surface area contributed by atoms with Gasteiger partial charge in [0.15, 0.2) is 0 Å². The zero-order valence-electron chi connectivity index (χ0n) is 4.70. The standard InChI is InChI=1S/C7H5F2/c8-5-6-1-3-7(9)4-2-6/h1-3H,5H2. The monoisotopic (exact) mass is 127 g/mol. The van der Waals surface area contributed by atoms with Crippen LogP contribution in [0.3, 0.4) is 0 Å². The van der Waals surface area contributed by atoms with Crippen LogP contribution < -0.4 is 0 Å². The smallest absolute Gasteiger partial charge is 0.131 e. The largest absolute Gasteiger partial charge is 0.246 e. The number of hydrogen-bond acceptors (Lipinski definition) is 0. The van der Waals surface area contributed by atoms with Crippen molar-refractivity contribution in [1.29, 1.82) is 0 Å². The molecule has 0 aromatic heterocycles. The van der Waals surface area contributed by atoms with E-state index in [1.165, 1.54) is 18.2 Å². The SMILES string of the molecule is FCc1c[c]c(F)cc1. The molecular weight excluding hydrogens is 122 g/mol. The van der Waals surface area contributed by atoms with E-state index in [0.29, 0.717) is 5.56 Å².